The number of rotatable bonds is 6. The standard InChI is InChI=1S/C10H20O/c1-2-3-4-5-6-7-10(11)8-9-10/h11H,2-9H2,1H3. The molecular formula is C10H20O. The van der Waals surface area contributed by atoms with E-state index >= 15 is 0 Å². The van der Waals surface area contributed by atoms with Crippen molar-refractivity contribution in [1.82, 2.24) is 0 Å². The summed E-state index contributed by atoms with van der Waals surface area (Å²) in [6.07, 6.45) is 9.74. The van der Waals surface area contributed by atoms with Crippen LogP contribution < -0.4 is 0 Å². The number of hydrogen-bond acceptors (Lipinski definition) is 1. The summed E-state index contributed by atoms with van der Waals surface area (Å²) in [6, 6.07) is 0. The lowest BCUT2D eigenvalue weighted by molar-refractivity contribution is 0.136. The minimum absolute atomic E-state index is 0.202. The van der Waals surface area contributed by atoms with Gasteiger partial charge in [0.2, 0.25) is 0 Å². The molecule has 1 nitrogen and oxygen atoms in total. The van der Waals surface area contributed by atoms with Crippen LogP contribution in [0.3, 0.4) is 0 Å². The topological polar surface area (TPSA) is 20.2 Å². The molecule has 1 heteroatoms. The van der Waals surface area contributed by atoms with Crippen LogP contribution in [0.5, 0.6) is 0 Å². The van der Waals surface area contributed by atoms with Crippen LogP contribution in [0.4, 0.5) is 0 Å². The second-order valence-corrected chi connectivity index (χ2v) is 3.89. The molecule has 1 fully saturated rings. The molecule has 0 radical (unpaired) electrons. The smallest absolute Gasteiger partial charge is 0.0650 e. The molecule has 0 aromatic heterocycles. The largest absolute Gasteiger partial charge is 0.390 e. The Kier molecular flexibility index (Phi) is 3.38. The maximum Gasteiger partial charge on any atom is 0.0650 e. The van der Waals surface area contributed by atoms with E-state index in [0.717, 1.165) is 19.3 Å². The quantitative estimate of drug-likeness (QED) is 0.586. The lowest BCUT2D eigenvalue weighted by Gasteiger charge is -2.05. The van der Waals surface area contributed by atoms with Gasteiger partial charge in [0.1, 0.15) is 0 Å². The van der Waals surface area contributed by atoms with Gasteiger partial charge in [0, 0.05) is 0 Å². The molecule has 1 aliphatic rings. The summed E-state index contributed by atoms with van der Waals surface area (Å²) in [5, 5.41) is 9.49. The molecule has 1 aliphatic carbocycles. The number of aliphatic hydroxyl groups is 1. The minimum atomic E-state index is -0.202. The van der Waals surface area contributed by atoms with Crippen molar-refractivity contribution in [2.24, 2.45) is 0 Å². The van der Waals surface area contributed by atoms with Gasteiger partial charge in [0.25, 0.3) is 0 Å². The van der Waals surface area contributed by atoms with Gasteiger partial charge < -0.3 is 5.11 Å². The van der Waals surface area contributed by atoms with Crippen LogP contribution in [0.1, 0.15) is 58.3 Å². The first kappa shape index (κ1) is 9.05. The van der Waals surface area contributed by atoms with E-state index in [1.54, 1.807) is 0 Å². The van der Waals surface area contributed by atoms with Crippen LogP contribution in [0.2, 0.25) is 0 Å². The zero-order valence-electron chi connectivity index (χ0n) is 7.60. The fourth-order valence-corrected chi connectivity index (χ4v) is 1.45. The average Bonchev–Trinajstić information content (AvgIpc) is 2.69. The second kappa shape index (κ2) is 4.10. The van der Waals surface area contributed by atoms with Crippen LogP contribution >= 0.6 is 0 Å². The van der Waals surface area contributed by atoms with E-state index in [1.807, 2.05) is 0 Å². The maximum atomic E-state index is 9.49. The van der Waals surface area contributed by atoms with E-state index in [4.69, 9.17) is 0 Å². The summed E-state index contributed by atoms with van der Waals surface area (Å²) < 4.78 is 0. The van der Waals surface area contributed by atoms with Gasteiger partial charge in [-0.25, -0.2) is 0 Å². The Hall–Kier alpha value is -0.0400. The van der Waals surface area contributed by atoms with E-state index in [0.29, 0.717) is 0 Å². The van der Waals surface area contributed by atoms with Gasteiger partial charge >= 0.3 is 0 Å². The molecule has 0 aromatic rings. The predicted molar refractivity (Wildman–Crippen MR) is 47.6 cm³/mol. The van der Waals surface area contributed by atoms with Crippen LogP contribution in [-0.4, -0.2) is 10.7 Å². The molecule has 0 heterocycles. The summed E-state index contributed by atoms with van der Waals surface area (Å²) in [5.74, 6) is 0. The zero-order valence-corrected chi connectivity index (χ0v) is 7.60. The third kappa shape index (κ3) is 3.76. The van der Waals surface area contributed by atoms with Gasteiger partial charge in [-0.2, -0.15) is 0 Å². The molecule has 0 atom stereocenters. The molecule has 0 unspecified atom stereocenters. The van der Waals surface area contributed by atoms with Crippen molar-refractivity contribution in [3.63, 3.8) is 0 Å². The molecule has 0 saturated heterocycles. The third-order valence-electron chi connectivity index (χ3n) is 2.57. The third-order valence-corrected chi connectivity index (χ3v) is 2.57. The fourth-order valence-electron chi connectivity index (χ4n) is 1.45. The van der Waals surface area contributed by atoms with E-state index in [1.165, 1.54) is 32.1 Å². The van der Waals surface area contributed by atoms with Gasteiger partial charge in [-0.3, -0.25) is 0 Å². The first-order valence-electron chi connectivity index (χ1n) is 4.99. The minimum Gasteiger partial charge on any atom is -0.390 e. The Morgan fingerprint density at radius 3 is 2.27 bits per heavy atom. The van der Waals surface area contributed by atoms with Crippen LogP contribution in [0.15, 0.2) is 0 Å². The molecule has 1 N–H and O–H groups in total. The fraction of sp³-hybridized carbons (Fsp3) is 1.00. The van der Waals surface area contributed by atoms with Gasteiger partial charge in [-0.1, -0.05) is 39.0 Å². The van der Waals surface area contributed by atoms with Crippen molar-refractivity contribution in [2.45, 2.75) is 63.9 Å². The molecule has 0 amide bonds. The SMILES string of the molecule is CCCCCCCC1(O)CC1. The highest BCUT2D eigenvalue weighted by atomic mass is 16.3. The van der Waals surface area contributed by atoms with Gasteiger partial charge in [-0.15, -0.1) is 0 Å². The molecule has 0 bridgehead atoms. The first-order valence-corrected chi connectivity index (χ1v) is 4.99. The Morgan fingerprint density at radius 2 is 1.73 bits per heavy atom. The summed E-state index contributed by atoms with van der Waals surface area (Å²) in [4.78, 5) is 0. The molecule has 0 aliphatic heterocycles. The molecule has 11 heavy (non-hydrogen) atoms. The highest BCUT2D eigenvalue weighted by Gasteiger charge is 2.38. The zero-order chi connectivity index (χ0) is 8.16. The highest BCUT2D eigenvalue weighted by molar-refractivity contribution is 4.92. The summed E-state index contributed by atoms with van der Waals surface area (Å²) in [6.45, 7) is 2.23. The molecule has 1 saturated carbocycles. The molecule has 66 valence electrons. The number of hydrogen-bond donors (Lipinski definition) is 1. The Bertz CT molecular complexity index is 105. The van der Waals surface area contributed by atoms with E-state index < -0.39 is 0 Å². The van der Waals surface area contributed by atoms with E-state index in [-0.39, 0.29) is 5.60 Å². The van der Waals surface area contributed by atoms with E-state index in [9.17, 15) is 5.11 Å². The monoisotopic (exact) mass is 156 g/mol. The van der Waals surface area contributed by atoms with Crippen LogP contribution in [0.25, 0.3) is 0 Å². The van der Waals surface area contributed by atoms with Crippen molar-refractivity contribution in [3.05, 3.63) is 0 Å². The lowest BCUT2D eigenvalue weighted by Crippen LogP contribution is -2.05. The Morgan fingerprint density at radius 1 is 1.09 bits per heavy atom. The molecule has 1 rings (SSSR count). The normalized spacial score (nSPS) is 20.2. The predicted octanol–water partition coefficient (Wildman–Crippen LogP) is 2.87. The first-order chi connectivity index (χ1) is 5.27. The van der Waals surface area contributed by atoms with E-state index in [2.05, 4.69) is 6.92 Å². The van der Waals surface area contributed by atoms with Gasteiger partial charge in [0.05, 0.1) is 5.60 Å². The summed E-state index contributed by atoms with van der Waals surface area (Å²) in [7, 11) is 0. The Balaban J connectivity index is 1.81. The van der Waals surface area contributed by atoms with Crippen molar-refractivity contribution in [2.75, 3.05) is 0 Å². The van der Waals surface area contributed by atoms with Gasteiger partial charge in [-0.05, 0) is 19.3 Å². The van der Waals surface area contributed by atoms with Crippen LogP contribution in [-0.2, 0) is 0 Å². The molecule has 0 aromatic carbocycles. The molecule has 0 spiro atoms. The average molecular weight is 156 g/mol. The second-order valence-electron chi connectivity index (χ2n) is 3.89. The van der Waals surface area contributed by atoms with Gasteiger partial charge in [0.15, 0.2) is 0 Å². The summed E-state index contributed by atoms with van der Waals surface area (Å²) in [5.41, 5.74) is -0.202. The van der Waals surface area contributed by atoms with Crippen LogP contribution in [0, 0.1) is 0 Å². The van der Waals surface area contributed by atoms with Crippen molar-refractivity contribution in [1.29, 1.82) is 0 Å². The summed E-state index contributed by atoms with van der Waals surface area (Å²) >= 11 is 0. The number of unbranched alkanes of at least 4 members (excludes halogenated alkanes) is 4. The Labute approximate surface area is 69.8 Å². The molecular weight excluding hydrogens is 136 g/mol. The van der Waals surface area contributed by atoms with Crippen molar-refractivity contribution < 1.29 is 5.11 Å². The van der Waals surface area contributed by atoms with Crippen molar-refractivity contribution >= 4 is 0 Å². The van der Waals surface area contributed by atoms with Crippen molar-refractivity contribution in [3.8, 4) is 0 Å². The maximum absolute atomic E-state index is 9.49. The lowest BCUT2D eigenvalue weighted by atomic mass is 10.1. The highest BCUT2D eigenvalue weighted by Crippen LogP contribution is 2.39.